The fourth-order valence-electron chi connectivity index (χ4n) is 1.49. The molecule has 0 aliphatic carbocycles. The normalized spacial score (nSPS) is 33.0. The number of nitrogens with zero attached hydrogens (tertiary/aromatic N) is 1. The first kappa shape index (κ1) is 13.3. The van der Waals surface area contributed by atoms with Gasteiger partial charge in [-0.1, -0.05) is 0 Å². The molecule has 0 aromatic carbocycles. The number of thioether (sulfide) groups is 1. The van der Waals surface area contributed by atoms with Crippen molar-refractivity contribution < 1.29 is 9.59 Å². The Bertz CT molecular complexity index is 186. The van der Waals surface area contributed by atoms with Crippen molar-refractivity contribution in [3.8, 4) is 0 Å². The lowest BCUT2D eigenvalue weighted by atomic mass is 10.2. The number of hydrogen-bond acceptors (Lipinski definition) is 4. The number of nitrogens with one attached hydrogen (secondary N) is 2. The fraction of sp³-hybridized carbons (Fsp3) is 1.00. The van der Waals surface area contributed by atoms with E-state index in [1.165, 1.54) is 0 Å². The molecule has 0 aromatic rings. The van der Waals surface area contributed by atoms with Gasteiger partial charge in [-0.05, 0) is 6.92 Å². The van der Waals surface area contributed by atoms with E-state index in [-0.39, 0.29) is 11.7 Å². The molecule has 0 amide bonds. The van der Waals surface area contributed by atoms with Crippen molar-refractivity contribution in [2.45, 2.75) is 31.1 Å². The summed E-state index contributed by atoms with van der Waals surface area (Å²) in [5.74, 6) is 1.09. The summed E-state index contributed by atoms with van der Waals surface area (Å²) in [5, 5.41) is 16.1. The molecule has 1 aliphatic heterocycles. The van der Waals surface area contributed by atoms with Crippen LogP contribution in [-0.4, -0.2) is 60.8 Å². The molecule has 1 aliphatic rings. The minimum atomic E-state index is -0.358. The molecule has 0 radical (unpaired) electrons. The van der Waals surface area contributed by atoms with Gasteiger partial charge < -0.3 is 9.59 Å². The standard InChI is InChI=1S/C10H24N3OS/c1-8-7-9(14)12-10(11-8)15-6-5-13(2,3)4/h8-12,14H,5-7H2,1-4H3/q+1. The molecule has 1 heterocycles. The topological polar surface area (TPSA) is 44.3 Å². The highest BCUT2D eigenvalue weighted by Crippen LogP contribution is 2.14. The highest BCUT2D eigenvalue weighted by Gasteiger charge is 2.23. The molecule has 90 valence electrons. The van der Waals surface area contributed by atoms with Crippen LogP contribution in [0.2, 0.25) is 0 Å². The van der Waals surface area contributed by atoms with Gasteiger partial charge in [0, 0.05) is 18.2 Å². The predicted molar refractivity (Wildman–Crippen MR) is 65.5 cm³/mol. The summed E-state index contributed by atoms with van der Waals surface area (Å²) in [4.78, 5) is 0. The van der Waals surface area contributed by atoms with Crippen LogP contribution < -0.4 is 10.6 Å². The van der Waals surface area contributed by atoms with E-state index in [9.17, 15) is 5.11 Å². The zero-order valence-electron chi connectivity index (χ0n) is 10.2. The molecule has 0 aromatic heterocycles. The van der Waals surface area contributed by atoms with Gasteiger partial charge >= 0.3 is 0 Å². The zero-order valence-corrected chi connectivity index (χ0v) is 11.0. The molecule has 15 heavy (non-hydrogen) atoms. The molecule has 0 spiro atoms. The zero-order chi connectivity index (χ0) is 11.5. The molecular weight excluding hydrogens is 210 g/mol. The van der Waals surface area contributed by atoms with Crippen LogP contribution in [0.25, 0.3) is 0 Å². The lowest BCUT2D eigenvalue weighted by Gasteiger charge is -2.33. The summed E-state index contributed by atoms with van der Waals surface area (Å²) < 4.78 is 0.984. The van der Waals surface area contributed by atoms with E-state index >= 15 is 0 Å². The molecule has 1 rings (SSSR count). The molecule has 3 atom stereocenters. The summed E-state index contributed by atoms with van der Waals surface area (Å²) in [6, 6.07) is 0.392. The summed E-state index contributed by atoms with van der Waals surface area (Å²) >= 11 is 1.83. The van der Waals surface area contributed by atoms with Crippen LogP contribution in [0.4, 0.5) is 0 Å². The van der Waals surface area contributed by atoms with Crippen molar-refractivity contribution in [1.29, 1.82) is 0 Å². The van der Waals surface area contributed by atoms with E-state index in [1.54, 1.807) is 0 Å². The highest BCUT2D eigenvalue weighted by molar-refractivity contribution is 7.99. The molecular formula is C10H24N3OS+. The van der Waals surface area contributed by atoms with Crippen molar-refractivity contribution >= 4 is 11.8 Å². The van der Waals surface area contributed by atoms with Crippen LogP contribution in [0.3, 0.4) is 0 Å². The van der Waals surface area contributed by atoms with E-state index in [0.29, 0.717) is 6.04 Å². The van der Waals surface area contributed by atoms with Gasteiger partial charge in [0.15, 0.2) is 0 Å². The first-order valence-corrected chi connectivity index (χ1v) is 6.54. The maximum absolute atomic E-state index is 9.54. The van der Waals surface area contributed by atoms with Gasteiger partial charge in [0.1, 0.15) is 11.7 Å². The molecule has 0 saturated carbocycles. The van der Waals surface area contributed by atoms with E-state index in [0.717, 1.165) is 23.2 Å². The van der Waals surface area contributed by atoms with Crippen LogP contribution in [0.5, 0.6) is 0 Å². The van der Waals surface area contributed by atoms with E-state index in [1.807, 2.05) is 11.8 Å². The lowest BCUT2D eigenvalue weighted by Crippen LogP contribution is -2.56. The van der Waals surface area contributed by atoms with Gasteiger partial charge in [-0.2, -0.15) is 0 Å². The van der Waals surface area contributed by atoms with Gasteiger partial charge in [0.2, 0.25) is 0 Å². The lowest BCUT2D eigenvalue weighted by molar-refractivity contribution is -0.867. The third-order valence-corrected chi connectivity index (χ3v) is 3.43. The number of hydrogen-bond donors (Lipinski definition) is 3. The maximum Gasteiger partial charge on any atom is 0.108 e. The Hall–Kier alpha value is 0.190. The average molecular weight is 234 g/mol. The van der Waals surface area contributed by atoms with Gasteiger partial charge in [-0.3, -0.25) is 10.6 Å². The van der Waals surface area contributed by atoms with Crippen LogP contribution in [0, 0.1) is 0 Å². The van der Waals surface area contributed by atoms with E-state index in [4.69, 9.17) is 0 Å². The third-order valence-electron chi connectivity index (χ3n) is 2.40. The second-order valence-electron chi connectivity index (χ2n) is 5.25. The van der Waals surface area contributed by atoms with Gasteiger partial charge in [-0.15, -0.1) is 11.8 Å². The average Bonchev–Trinajstić information content (AvgIpc) is 1.99. The molecule has 3 N–H and O–H groups in total. The van der Waals surface area contributed by atoms with Crippen molar-refractivity contribution in [1.82, 2.24) is 10.6 Å². The van der Waals surface area contributed by atoms with E-state index < -0.39 is 0 Å². The van der Waals surface area contributed by atoms with Crippen LogP contribution in [0.1, 0.15) is 13.3 Å². The van der Waals surface area contributed by atoms with E-state index in [2.05, 4.69) is 38.7 Å². The number of aliphatic hydroxyl groups is 1. The monoisotopic (exact) mass is 234 g/mol. The van der Waals surface area contributed by atoms with Gasteiger partial charge in [0.05, 0.1) is 27.7 Å². The minimum absolute atomic E-state index is 0.190. The SMILES string of the molecule is CC1CC(O)NC(SCC[N+](C)(C)C)N1. The Kier molecular flexibility index (Phi) is 4.86. The quantitative estimate of drug-likeness (QED) is 0.599. The van der Waals surface area contributed by atoms with Crippen LogP contribution in [0.15, 0.2) is 0 Å². The summed E-state index contributed by atoms with van der Waals surface area (Å²) in [6.45, 7) is 3.24. The Morgan fingerprint density at radius 3 is 2.53 bits per heavy atom. The fourth-order valence-corrected chi connectivity index (χ4v) is 2.96. The van der Waals surface area contributed by atoms with Gasteiger partial charge in [0.25, 0.3) is 0 Å². The largest absolute Gasteiger partial charge is 0.378 e. The smallest absolute Gasteiger partial charge is 0.108 e. The second kappa shape index (κ2) is 5.50. The van der Waals surface area contributed by atoms with Crippen LogP contribution in [-0.2, 0) is 0 Å². The molecule has 1 fully saturated rings. The summed E-state index contributed by atoms with van der Waals surface area (Å²) in [6.07, 6.45) is 0.426. The molecule has 1 saturated heterocycles. The maximum atomic E-state index is 9.54. The van der Waals surface area contributed by atoms with Crippen molar-refractivity contribution in [3.05, 3.63) is 0 Å². The highest BCUT2D eigenvalue weighted by atomic mass is 32.2. The summed E-state index contributed by atoms with van der Waals surface area (Å²) in [7, 11) is 6.58. The van der Waals surface area contributed by atoms with Crippen LogP contribution >= 0.6 is 11.8 Å². The Morgan fingerprint density at radius 2 is 2.00 bits per heavy atom. The Morgan fingerprint density at radius 1 is 1.33 bits per heavy atom. The molecule has 3 unspecified atom stereocenters. The second-order valence-corrected chi connectivity index (χ2v) is 6.46. The minimum Gasteiger partial charge on any atom is -0.378 e. The molecule has 4 nitrogen and oxygen atoms in total. The third kappa shape index (κ3) is 5.73. The molecule has 5 heteroatoms. The Labute approximate surface area is 97.0 Å². The Balaban J connectivity index is 2.21. The van der Waals surface area contributed by atoms with Crippen molar-refractivity contribution in [3.63, 3.8) is 0 Å². The number of aliphatic hydroxyl groups excluding tert-OH is 1. The number of quaternary nitrogens is 1. The van der Waals surface area contributed by atoms with Gasteiger partial charge in [-0.25, -0.2) is 0 Å². The van der Waals surface area contributed by atoms with Crippen molar-refractivity contribution in [2.75, 3.05) is 33.4 Å². The molecule has 0 bridgehead atoms. The van der Waals surface area contributed by atoms with Crippen molar-refractivity contribution in [2.24, 2.45) is 0 Å². The first-order chi connectivity index (χ1) is 6.87. The number of rotatable bonds is 4. The first-order valence-electron chi connectivity index (χ1n) is 5.49. The predicted octanol–water partition coefficient (Wildman–Crippen LogP) is -0.000800. The summed E-state index contributed by atoms with van der Waals surface area (Å²) in [5.41, 5.74) is 0.190.